The lowest BCUT2D eigenvalue weighted by Gasteiger charge is -2.10. The van der Waals surface area contributed by atoms with E-state index in [1.165, 1.54) is 29.2 Å². The highest BCUT2D eigenvalue weighted by Gasteiger charge is 2.12. The maximum Gasteiger partial charge on any atom is 0.264 e. The fraction of sp³-hybridized carbons (Fsp3) is 0.250. The van der Waals surface area contributed by atoms with Crippen molar-refractivity contribution in [2.75, 3.05) is 6.54 Å². The molecule has 2 aromatic carbocycles. The number of halogens is 1. The van der Waals surface area contributed by atoms with Gasteiger partial charge in [-0.05, 0) is 55.8 Å². The molecule has 0 radical (unpaired) electrons. The molecule has 2 aromatic heterocycles. The molecule has 0 spiro atoms. The Morgan fingerprint density at radius 3 is 2.70 bits per heavy atom. The Labute approximate surface area is 189 Å². The van der Waals surface area contributed by atoms with Crippen molar-refractivity contribution < 1.29 is 13.9 Å². The first-order chi connectivity index (χ1) is 15.9. The van der Waals surface area contributed by atoms with Crippen LogP contribution in [0, 0.1) is 5.82 Å². The van der Waals surface area contributed by atoms with E-state index >= 15 is 0 Å². The van der Waals surface area contributed by atoms with Gasteiger partial charge in [-0.25, -0.2) is 14.1 Å². The van der Waals surface area contributed by atoms with E-state index in [0.717, 1.165) is 0 Å². The van der Waals surface area contributed by atoms with Gasteiger partial charge in [0, 0.05) is 12.1 Å². The second-order valence-corrected chi connectivity index (χ2v) is 7.86. The van der Waals surface area contributed by atoms with E-state index in [9.17, 15) is 14.0 Å². The fourth-order valence-corrected chi connectivity index (χ4v) is 3.44. The lowest BCUT2D eigenvalue weighted by atomic mass is 10.2. The molecule has 9 heteroatoms. The third kappa shape index (κ3) is 5.25. The van der Waals surface area contributed by atoms with Gasteiger partial charge in [0.25, 0.3) is 11.5 Å². The van der Waals surface area contributed by atoms with Crippen LogP contribution in [0.3, 0.4) is 0 Å². The Morgan fingerprint density at radius 2 is 1.97 bits per heavy atom. The van der Waals surface area contributed by atoms with Crippen LogP contribution in [-0.2, 0) is 13.1 Å². The number of amides is 1. The summed E-state index contributed by atoms with van der Waals surface area (Å²) in [5.41, 5.74) is 1.36. The van der Waals surface area contributed by atoms with Crippen LogP contribution >= 0.6 is 0 Å². The smallest absolute Gasteiger partial charge is 0.264 e. The number of fused-ring (bicyclic) bond motifs is 1. The highest BCUT2D eigenvalue weighted by Crippen LogP contribution is 2.14. The van der Waals surface area contributed by atoms with Crippen molar-refractivity contribution in [3.63, 3.8) is 0 Å². The number of nitrogens with zero attached hydrogens (tertiary/aromatic N) is 4. The van der Waals surface area contributed by atoms with Crippen molar-refractivity contribution >= 4 is 16.9 Å². The lowest BCUT2D eigenvalue weighted by Crippen LogP contribution is -2.27. The summed E-state index contributed by atoms with van der Waals surface area (Å²) in [5, 5.41) is 7.44. The topological polar surface area (TPSA) is 91.0 Å². The molecule has 33 heavy (non-hydrogen) atoms. The molecule has 0 bridgehead atoms. The van der Waals surface area contributed by atoms with E-state index in [2.05, 4.69) is 15.4 Å². The zero-order chi connectivity index (χ0) is 23.4. The van der Waals surface area contributed by atoms with Crippen molar-refractivity contribution in [3.05, 3.63) is 88.4 Å². The zero-order valence-corrected chi connectivity index (χ0v) is 18.4. The second-order valence-electron chi connectivity index (χ2n) is 7.86. The van der Waals surface area contributed by atoms with E-state index in [4.69, 9.17) is 4.74 Å². The number of carbonyl (C=O) groups excluding carboxylic acids is 1. The molecular formula is C24H24FN5O3. The molecule has 4 rings (SSSR count). The minimum Gasteiger partial charge on any atom is -0.491 e. The number of carbonyl (C=O) groups is 1. The predicted molar refractivity (Wildman–Crippen MR) is 122 cm³/mol. The Morgan fingerprint density at radius 1 is 1.18 bits per heavy atom. The number of hydrogen-bond donors (Lipinski definition) is 1. The molecule has 2 heterocycles. The molecule has 0 aliphatic rings. The van der Waals surface area contributed by atoms with Crippen LogP contribution in [0.2, 0.25) is 0 Å². The number of hydrogen-bond acceptors (Lipinski definition) is 5. The van der Waals surface area contributed by atoms with Gasteiger partial charge >= 0.3 is 0 Å². The summed E-state index contributed by atoms with van der Waals surface area (Å²) in [6.45, 7) is 4.75. The monoisotopic (exact) mass is 449 g/mol. The van der Waals surface area contributed by atoms with E-state index < -0.39 is 0 Å². The van der Waals surface area contributed by atoms with Gasteiger partial charge in [-0.3, -0.25) is 14.2 Å². The van der Waals surface area contributed by atoms with E-state index in [1.807, 2.05) is 13.8 Å². The van der Waals surface area contributed by atoms with Crippen LogP contribution < -0.4 is 15.6 Å². The molecule has 8 nitrogen and oxygen atoms in total. The summed E-state index contributed by atoms with van der Waals surface area (Å²) in [6, 6.07) is 13.0. The number of aromatic nitrogens is 4. The Bertz CT molecular complexity index is 1330. The first kappa shape index (κ1) is 22.2. The number of nitrogens with one attached hydrogen (secondary N) is 1. The first-order valence-electron chi connectivity index (χ1n) is 10.6. The van der Waals surface area contributed by atoms with E-state index in [-0.39, 0.29) is 29.9 Å². The molecule has 0 aliphatic heterocycles. The normalized spacial score (nSPS) is 11.2. The Balaban J connectivity index is 1.39. The van der Waals surface area contributed by atoms with Crippen LogP contribution in [0.25, 0.3) is 11.0 Å². The van der Waals surface area contributed by atoms with Gasteiger partial charge in [0.1, 0.15) is 23.3 Å². The molecule has 1 N–H and O–H groups in total. The van der Waals surface area contributed by atoms with Gasteiger partial charge in [-0.2, -0.15) is 5.10 Å². The van der Waals surface area contributed by atoms with Crippen molar-refractivity contribution in [2.45, 2.75) is 33.0 Å². The third-order valence-electron chi connectivity index (χ3n) is 4.96. The lowest BCUT2D eigenvalue weighted by molar-refractivity contribution is 0.0952. The average Bonchev–Trinajstić information content (AvgIpc) is 3.19. The van der Waals surface area contributed by atoms with Gasteiger partial charge in [-0.1, -0.05) is 12.1 Å². The van der Waals surface area contributed by atoms with Crippen LogP contribution in [0.15, 0.2) is 65.8 Å². The molecule has 0 aliphatic carbocycles. The van der Waals surface area contributed by atoms with E-state index in [0.29, 0.717) is 41.0 Å². The maximum absolute atomic E-state index is 13.4. The third-order valence-corrected chi connectivity index (χ3v) is 4.96. The predicted octanol–water partition coefficient (Wildman–Crippen LogP) is 3.00. The molecule has 4 aromatic rings. The van der Waals surface area contributed by atoms with Gasteiger partial charge in [-0.15, -0.1) is 0 Å². The molecule has 170 valence electrons. The Hall–Kier alpha value is -4.01. The summed E-state index contributed by atoms with van der Waals surface area (Å²) < 4.78 is 22.0. The standard InChI is InChI=1S/C24H24FN5O3/c1-16(2)33-20-8-6-18(7-9-20)23(31)26-10-11-30-22-21(13-28-30)24(32)29(15-27-22)14-17-4-3-5-19(25)12-17/h3-9,12-13,15-16H,10-11,14H2,1-2H3,(H,26,31). The van der Waals surface area contributed by atoms with Gasteiger partial charge < -0.3 is 10.1 Å². The summed E-state index contributed by atoms with van der Waals surface area (Å²) in [4.78, 5) is 29.5. The van der Waals surface area contributed by atoms with Crippen molar-refractivity contribution in [3.8, 4) is 5.75 Å². The SMILES string of the molecule is CC(C)Oc1ccc(C(=O)NCCn2ncc3c(=O)n(Cc4cccc(F)c4)cnc32)cc1. The van der Waals surface area contributed by atoms with Gasteiger partial charge in [0.15, 0.2) is 5.65 Å². The molecule has 0 fully saturated rings. The molecule has 0 unspecified atom stereocenters. The highest BCUT2D eigenvalue weighted by molar-refractivity contribution is 5.94. The molecule has 0 saturated heterocycles. The number of rotatable bonds is 8. The fourth-order valence-electron chi connectivity index (χ4n) is 3.44. The van der Waals surface area contributed by atoms with E-state index in [1.54, 1.807) is 41.1 Å². The molecule has 1 amide bonds. The largest absolute Gasteiger partial charge is 0.491 e. The first-order valence-corrected chi connectivity index (χ1v) is 10.6. The van der Waals surface area contributed by atoms with Crippen molar-refractivity contribution in [2.24, 2.45) is 0 Å². The van der Waals surface area contributed by atoms with Gasteiger partial charge in [0.05, 0.1) is 25.4 Å². The Kier molecular flexibility index (Phi) is 6.48. The summed E-state index contributed by atoms with van der Waals surface area (Å²) in [6.07, 6.45) is 2.95. The van der Waals surface area contributed by atoms with Crippen LogP contribution in [0.5, 0.6) is 5.75 Å². The van der Waals surface area contributed by atoms with Crippen molar-refractivity contribution in [1.29, 1.82) is 0 Å². The highest BCUT2D eigenvalue weighted by atomic mass is 19.1. The van der Waals surface area contributed by atoms with Crippen LogP contribution in [0.1, 0.15) is 29.8 Å². The maximum atomic E-state index is 13.4. The molecular weight excluding hydrogens is 425 g/mol. The summed E-state index contributed by atoms with van der Waals surface area (Å²) in [7, 11) is 0. The quantitative estimate of drug-likeness (QED) is 0.447. The second kappa shape index (κ2) is 9.64. The molecule has 0 atom stereocenters. The van der Waals surface area contributed by atoms with Crippen LogP contribution in [0.4, 0.5) is 4.39 Å². The van der Waals surface area contributed by atoms with Gasteiger partial charge in [0.2, 0.25) is 0 Å². The minimum absolute atomic E-state index is 0.0626. The number of benzene rings is 2. The van der Waals surface area contributed by atoms with Crippen molar-refractivity contribution in [1.82, 2.24) is 24.6 Å². The number of ether oxygens (including phenoxy) is 1. The summed E-state index contributed by atoms with van der Waals surface area (Å²) in [5.74, 6) is 0.135. The van der Waals surface area contributed by atoms with Crippen LogP contribution in [-0.4, -0.2) is 37.9 Å². The average molecular weight is 449 g/mol. The molecule has 0 saturated carbocycles. The minimum atomic E-state index is -0.357. The summed E-state index contributed by atoms with van der Waals surface area (Å²) >= 11 is 0. The zero-order valence-electron chi connectivity index (χ0n) is 18.4.